The minimum Gasteiger partial charge on any atom is -0.335 e. The lowest BCUT2D eigenvalue weighted by atomic mass is 10.1. The van der Waals surface area contributed by atoms with Gasteiger partial charge in [0.05, 0.1) is 0 Å². The summed E-state index contributed by atoms with van der Waals surface area (Å²) >= 11 is 0. The molecule has 1 amide bonds. The molecule has 0 radical (unpaired) electrons. The van der Waals surface area contributed by atoms with Crippen LogP contribution in [0.3, 0.4) is 0 Å². The first-order valence-electron chi connectivity index (χ1n) is 8.71. The van der Waals surface area contributed by atoms with Gasteiger partial charge in [0, 0.05) is 37.3 Å². The van der Waals surface area contributed by atoms with E-state index in [0.29, 0.717) is 38.0 Å². The number of carbonyl (C=O) groups is 1. The Bertz CT molecular complexity index is 882. The van der Waals surface area contributed by atoms with Crippen molar-refractivity contribution in [2.75, 3.05) is 31.1 Å². The summed E-state index contributed by atoms with van der Waals surface area (Å²) in [6.45, 7) is 4.67. The molecule has 1 aliphatic heterocycles. The average Bonchev–Trinajstić information content (AvgIpc) is 3.19. The molecule has 0 unspecified atom stereocenters. The first kappa shape index (κ1) is 16.3. The van der Waals surface area contributed by atoms with Gasteiger partial charge in [-0.15, -0.1) is 0 Å². The number of rotatable bonds is 3. The van der Waals surface area contributed by atoms with E-state index >= 15 is 0 Å². The molecule has 0 bridgehead atoms. The Morgan fingerprint density at radius 2 is 1.65 bits per heavy atom. The van der Waals surface area contributed by atoms with Gasteiger partial charge in [-0.2, -0.15) is 4.98 Å². The molecule has 1 saturated heterocycles. The zero-order valence-electron chi connectivity index (χ0n) is 14.6. The van der Waals surface area contributed by atoms with Gasteiger partial charge >= 0.3 is 0 Å². The number of aromatic nitrogens is 2. The second kappa shape index (κ2) is 7.00. The highest BCUT2D eigenvalue weighted by atomic mass is 16.5. The van der Waals surface area contributed by atoms with Crippen LogP contribution in [0.15, 0.2) is 59.1 Å². The van der Waals surface area contributed by atoms with Crippen LogP contribution in [-0.4, -0.2) is 47.1 Å². The highest BCUT2D eigenvalue weighted by Gasteiger charge is 2.24. The molecular weight excluding hydrogens is 328 g/mol. The van der Waals surface area contributed by atoms with Crippen LogP contribution in [0.4, 0.5) is 5.95 Å². The van der Waals surface area contributed by atoms with Gasteiger partial charge in [-0.25, -0.2) is 0 Å². The molecule has 2 aromatic carbocycles. The zero-order chi connectivity index (χ0) is 17.9. The van der Waals surface area contributed by atoms with Crippen molar-refractivity contribution in [3.8, 4) is 11.5 Å². The highest BCUT2D eigenvalue weighted by Crippen LogP contribution is 2.21. The van der Waals surface area contributed by atoms with E-state index in [-0.39, 0.29) is 5.91 Å². The van der Waals surface area contributed by atoms with Gasteiger partial charge in [0.25, 0.3) is 17.7 Å². The van der Waals surface area contributed by atoms with Crippen molar-refractivity contribution in [3.63, 3.8) is 0 Å². The lowest BCUT2D eigenvalue weighted by Gasteiger charge is -2.33. The largest absolute Gasteiger partial charge is 0.335 e. The summed E-state index contributed by atoms with van der Waals surface area (Å²) in [6.07, 6.45) is 0. The van der Waals surface area contributed by atoms with E-state index in [2.05, 4.69) is 15.0 Å². The Balaban J connectivity index is 1.40. The molecule has 4 rings (SSSR count). The van der Waals surface area contributed by atoms with Gasteiger partial charge in [0.1, 0.15) is 0 Å². The Labute approximate surface area is 152 Å². The molecule has 0 spiro atoms. The molecule has 6 nitrogen and oxygen atoms in total. The molecule has 0 atom stereocenters. The third-order valence-electron chi connectivity index (χ3n) is 4.58. The third kappa shape index (κ3) is 3.31. The van der Waals surface area contributed by atoms with Crippen molar-refractivity contribution in [2.24, 2.45) is 0 Å². The van der Waals surface area contributed by atoms with E-state index in [0.717, 1.165) is 16.7 Å². The first-order chi connectivity index (χ1) is 12.7. The predicted molar refractivity (Wildman–Crippen MR) is 99.0 cm³/mol. The summed E-state index contributed by atoms with van der Waals surface area (Å²) in [7, 11) is 0. The number of hydrogen-bond donors (Lipinski definition) is 0. The molecule has 1 aromatic heterocycles. The van der Waals surface area contributed by atoms with Crippen molar-refractivity contribution < 1.29 is 9.32 Å². The number of carbonyl (C=O) groups excluding carboxylic acids is 1. The molecule has 0 saturated carbocycles. The Morgan fingerprint density at radius 3 is 2.35 bits per heavy atom. The second-order valence-corrected chi connectivity index (χ2v) is 6.41. The maximum Gasteiger partial charge on any atom is 0.266 e. The lowest BCUT2D eigenvalue weighted by Crippen LogP contribution is -2.49. The summed E-state index contributed by atoms with van der Waals surface area (Å²) in [5.41, 5.74) is 2.78. The van der Waals surface area contributed by atoms with Crippen LogP contribution in [0.2, 0.25) is 0 Å². The number of anilines is 1. The van der Waals surface area contributed by atoms with Crippen molar-refractivity contribution in [2.45, 2.75) is 6.92 Å². The second-order valence-electron chi connectivity index (χ2n) is 6.41. The van der Waals surface area contributed by atoms with Crippen LogP contribution in [0.5, 0.6) is 0 Å². The van der Waals surface area contributed by atoms with E-state index in [1.165, 1.54) is 0 Å². The van der Waals surface area contributed by atoms with Crippen molar-refractivity contribution in [1.82, 2.24) is 15.0 Å². The fourth-order valence-electron chi connectivity index (χ4n) is 3.03. The minimum atomic E-state index is 0.0720. The van der Waals surface area contributed by atoms with Crippen molar-refractivity contribution in [1.29, 1.82) is 0 Å². The standard InChI is InChI=1S/C20H20N4O2/c1-15-7-9-17(10-8-15)19(25)23-11-13-24(14-12-23)20-21-18(26-22-20)16-5-3-2-4-6-16/h2-10H,11-14H2,1H3. The molecular formula is C20H20N4O2. The van der Waals surface area contributed by atoms with E-state index < -0.39 is 0 Å². The Hall–Kier alpha value is -3.15. The van der Waals surface area contributed by atoms with E-state index in [1.54, 1.807) is 0 Å². The molecule has 0 aliphatic carbocycles. The van der Waals surface area contributed by atoms with Crippen molar-refractivity contribution in [3.05, 3.63) is 65.7 Å². The number of amides is 1. The molecule has 0 N–H and O–H groups in total. The Kier molecular flexibility index (Phi) is 4.39. The first-order valence-corrected chi connectivity index (χ1v) is 8.71. The maximum absolute atomic E-state index is 12.6. The third-order valence-corrected chi connectivity index (χ3v) is 4.58. The van der Waals surface area contributed by atoms with Crippen LogP contribution in [0.1, 0.15) is 15.9 Å². The number of hydrogen-bond acceptors (Lipinski definition) is 5. The quantitative estimate of drug-likeness (QED) is 0.728. The molecule has 132 valence electrons. The molecule has 3 aromatic rings. The van der Waals surface area contributed by atoms with Gasteiger partial charge < -0.3 is 14.3 Å². The zero-order valence-corrected chi connectivity index (χ0v) is 14.6. The fourth-order valence-corrected chi connectivity index (χ4v) is 3.03. The van der Waals surface area contributed by atoms with Crippen LogP contribution < -0.4 is 4.90 Å². The van der Waals surface area contributed by atoms with Crippen molar-refractivity contribution >= 4 is 11.9 Å². The lowest BCUT2D eigenvalue weighted by molar-refractivity contribution is 0.0746. The maximum atomic E-state index is 12.6. The average molecular weight is 348 g/mol. The summed E-state index contributed by atoms with van der Waals surface area (Å²) in [5.74, 6) is 1.16. The van der Waals surface area contributed by atoms with E-state index in [1.807, 2.05) is 66.4 Å². The van der Waals surface area contributed by atoms with Gasteiger partial charge in [0.15, 0.2) is 0 Å². The minimum absolute atomic E-state index is 0.0720. The summed E-state index contributed by atoms with van der Waals surface area (Å²) in [4.78, 5) is 21.0. The van der Waals surface area contributed by atoms with Gasteiger partial charge in [-0.1, -0.05) is 35.9 Å². The normalized spacial score (nSPS) is 14.5. The smallest absolute Gasteiger partial charge is 0.266 e. The molecule has 26 heavy (non-hydrogen) atoms. The summed E-state index contributed by atoms with van der Waals surface area (Å²) in [5, 5.41) is 4.09. The fraction of sp³-hybridized carbons (Fsp3) is 0.250. The number of nitrogens with zero attached hydrogens (tertiary/aromatic N) is 4. The molecule has 6 heteroatoms. The van der Waals surface area contributed by atoms with Crippen LogP contribution in [-0.2, 0) is 0 Å². The van der Waals surface area contributed by atoms with E-state index in [9.17, 15) is 4.79 Å². The highest BCUT2D eigenvalue weighted by molar-refractivity contribution is 5.94. The topological polar surface area (TPSA) is 62.5 Å². The number of benzene rings is 2. The molecule has 1 fully saturated rings. The monoisotopic (exact) mass is 348 g/mol. The van der Waals surface area contributed by atoms with Crippen LogP contribution in [0, 0.1) is 6.92 Å². The van der Waals surface area contributed by atoms with Crippen LogP contribution in [0.25, 0.3) is 11.5 Å². The molecule has 2 heterocycles. The SMILES string of the molecule is Cc1ccc(C(=O)N2CCN(c3noc(-c4ccccc4)n3)CC2)cc1. The van der Waals surface area contributed by atoms with Gasteiger partial charge in [-0.05, 0) is 36.3 Å². The number of aryl methyl sites for hydroxylation is 1. The van der Waals surface area contributed by atoms with Gasteiger partial charge in [0.2, 0.25) is 0 Å². The summed E-state index contributed by atoms with van der Waals surface area (Å²) < 4.78 is 5.38. The predicted octanol–water partition coefficient (Wildman–Crippen LogP) is 3.01. The Morgan fingerprint density at radius 1 is 0.962 bits per heavy atom. The number of piperazine rings is 1. The van der Waals surface area contributed by atoms with Crippen LogP contribution >= 0.6 is 0 Å². The van der Waals surface area contributed by atoms with E-state index in [4.69, 9.17) is 4.52 Å². The van der Waals surface area contributed by atoms with Gasteiger partial charge in [-0.3, -0.25) is 4.79 Å². The molecule has 1 aliphatic rings. The summed E-state index contributed by atoms with van der Waals surface area (Å²) in [6, 6.07) is 17.4.